The number of carbonyl (C=O) groups is 3. The van der Waals surface area contributed by atoms with Crippen LogP contribution >= 0.6 is 0 Å². The number of halogens is 6. The van der Waals surface area contributed by atoms with Crippen LogP contribution < -0.4 is 10.1 Å². The van der Waals surface area contributed by atoms with Gasteiger partial charge in [0.25, 0.3) is 0 Å². The topological polar surface area (TPSA) is 142 Å². The van der Waals surface area contributed by atoms with E-state index in [0.717, 1.165) is 43.3 Å². The van der Waals surface area contributed by atoms with Crippen molar-refractivity contribution in [2.75, 3.05) is 26.2 Å². The summed E-state index contributed by atoms with van der Waals surface area (Å²) in [6.45, 7) is 5.55. The number of carbonyl (C=O) groups excluding carboxylic acids is 1. The molecule has 2 aromatic heterocycles. The summed E-state index contributed by atoms with van der Waals surface area (Å²) in [5, 5.41) is 17.3. The number of hydrogen-bond acceptors (Lipinski definition) is 7. The summed E-state index contributed by atoms with van der Waals surface area (Å²) in [6, 6.07) is 7.74. The Bertz CT molecular complexity index is 1100. The van der Waals surface area contributed by atoms with Crippen molar-refractivity contribution in [2.24, 2.45) is 11.3 Å². The number of furan rings is 1. The van der Waals surface area contributed by atoms with E-state index < -0.39 is 24.3 Å². The molecule has 2 saturated heterocycles. The van der Waals surface area contributed by atoms with Crippen LogP contribution in [-0.2, 0) is 20.9 Å². The van der Waals surface area contributed by atoms with Crippen LogP contribution in [0.4, 0.5) is 26.3 Å². The molecule has 0 radical (unpaired) electrons. The molecule has 39 heavy (non-hydrogen) atoms. The lowest BCUT2D eigenvalue weighted by Crippen LogP contribution is -2.40. The third-order valence-electron chi connectivity index (χ3n) is 5.87. The Morgan fingerprint density at radius 2 is 1.77 bits per heavy atom. The molecule has 0 unspecified atom stereocenters. The van der Waals surface area contributed by atoms with E-state index in [9.17, 15) is 31.1 Å². The van der Waals surface area contributed by atoms with E-state index in [0.29, 0.717) is 13.2 Å². The summed E-state index contributed by atoms with van der Waals surface area (Å²) in [5.41, 5.74) is -0.357. The van der Waals surface area contributed by atoms with Crippen LogP contribution in [0, 0.1) is 18.3 Å². The Kier molecular flexibility index (Phi) is 10.3. The highest BCUT2D eigenvalue weighted by Gasteiger charge is 2.54. The molecule has 16 heteroatoms. The lowest BCUT2D eigenvalue weighted by atomic mass is 9.77. The first kappa shape index (κ1) is 31.4. The predicted octanol–water partition coefficient (Wildman–Crippen LogP) is 3.27. The van der Waals surface area contributed by atoms with Crippen molar-refractivity contribution >= 4 is 17.8 Å². The molecule has 1 spiro atoms. The van der Waals surface area contributed by atoms with Gasteiger partial charge in [0.15, 0.2) is 0 Å². The van der Waals surface area contributed by atoms with Gasteiger partial charge in [0.05, 0.1) is 24.8 Å². The summed E-state index contributed by atoms with van der Waals surface area (Å²) in [4.78, 5) is 36.8. The summed E-state index contributed by atoms with van der Waals surface area (Å²) < 4.78 is 75.0. The number of likely N-dealkylation sites (tertiary alicyclic amines) is 1. The van der Waals surface area contributed by atoms with E-state index in [2.05, 4.69) is 15.2 Å². The Labute approximate surface area is 217 Å². The van der Waals surface area contributed by atoms with Crippen molar-refractivity contribution in [3.8, 4) is 5.75 Å². The minimum Gasteiger partial charge on any atom is -0.492 e. The van der Waals surface area contributed by atoms with E-state index in [4.69, 9.17) is 29.0 Å². The first-order valence-electron chi connectivity index (χ1n) is 11.2. The van der Waals surface area contributed by atoms with Crippen molar-refractivity contribution in [2.45, 2.75) is 32.2 Å². The smallest absolute Gasteiger partial charge is 0.490 e. The quantitative estimate of drug-likeness (QED) is 0.463. The number of aliphatic carboxylic acids is 2. The molecule has 4 heterocycles. The van der Waals surface area contributed by atoms with Crippen molar-refractivity contribution in [1.29, 1.82) is 0 Å². The molecular formula is C23H25F6N3O7. The molecule has 216 valence electrons. The van der Waals surface area contributed by atoms with Crippen LogP contribution in [0.25, 0.3) is 0 Å². The summed E-state index contributed by atoms with van der Waals surface area (Å²) in [5.74, 6) is -2.56. The fourth-order valence-electron chi connectivity index (χ4n) is 3.98. The molecule has 0 aromatic carbocycles. The molecule has 4 rings (SSSR count). The van der Waals surface area contributed by atoms with Crippen LogP contribution in [0.5, 0.6) is 5.75 Å². The largest absolute Gasteiger partial charge is 0.492 e. The number of carboxylic acids is 2. The van der Waals surface area contributed by atoms with Crippen LogP contribution in [0.15, 0.2) is 41.1 Å². The highest BCUT2D eigenvalue weighted by molar-refractivity contribution is 5.86. The van der Waals surface area contributed by atoms with Crippen molar-refractivity contribution in [3.05, 3.63) is 48.2 Å². The standard InChI is InChI=1S/C19H23N3O3.2C2HF3O2/c1-14-4-5-17(25-14)11-22-8-6-19(13-22)15(9-21-18(19)23)12-24-16-3-2-7-20-10-16;2*3-2(4,5)1(6)7/h2-5,7,10,15H,6,8-9,11-13H2,1H3,(H,21,23);2*(H,6,7)/t15-,19+;;/m0../s1. The number of nitrogens with one attached hydrogen (secondary N) is 1. The zero-order valence-electron chi connectivity index (χ0n) is 20.4. The van der Waals surface area contributed by atoms with Crippen LogP contribution in [-0.4, -0.2) is 76.5 Å². The number of hydrogen-bond donors (Lipinski definition) is 3. The number of aromatic nitrogens is 1. The van der Waals surface area contributed by atoms with E-state index >= 15 is 0 Å². The van der Waals surface area contributed by atoms with Gasteiger partial charge in [-0.3, -0.25) is 14.7 Å². The monoisotopic (exact) mass is 569 g/mol. The van der Waals surface area contributed by atoms with E-state index in [-0.39, 0.29) is 17.2 Å². The van der Waals surface area contributed by atoms with Gasteiger partial charge in [-0.2, -0.15) is 26.3 Å². The molecule has 0 saturated carbocycles. The van der Waals surface area contributed by atoms with Gasteiger partial charge in [0.1, 0.15) is 17.3 Å². The van der Waals surface area contributed by atoms with Crippen molar-refractivity contribution < 1.29 is 60.1 Å². The van der Waals surface area contributed by atoms with Crippen molar-refractivity contribution in [3.63, 3.8) is 0 Å². The Hall–Kier alpha value is -3.82. The Morgan fingerprint density at radius 3 is 2.26 bits per heavy atom. The predicted molar refractivity (Wildman–Crippen MR) is 119 cm³/mol. The van der Waals surface area contributed by atoms with E-state index in [1.807, 2.05) is 31.2 Å². The molecule has 1 amide bonds. The molecule has 2 atom stereocenters. The van der Waals surface area contributed by atoms with Gasteiger partial charge < -0.3 is 24.7 Å². The average molecular weight is 569 g/mol. The molecule has 2 aromatic rings. The van der Waals surface area contributed by atoms with Crippen LogP contribution in [0.2, 0.25) is 0 Å². The normalized spacial score (nSPS) is 20.9. The zero-order chi connectivity index (χ0) is 29.4. The van der Waals surface area contributed by atoms with Crippen molar-refractivity contribution in [1.82, 2.24) is 15.2 Å². The average Bonchev–Trinajstić information content (AvgIpc) is 3.53. The second-order valence-corrected chi connectivity index (χ2v) is 8.64. The fraction of sp³-hybridized carbons (Fsp3) is 0.478. The first-order chi connectivity index (χ1) is 18.0. The molecule has 2 aliphatic heterocycles. The van der Waals surface area contributed by atoms with Gasteiger partial charge in [-0.15, -0.1) is 0 Å². The third-order valence-corrected chi connectivity index (χ3v) is 5.87. The number of ether oxygens (including phenoxy) is 1. The maximum absolute atomic E-state index is 12.6. The summed E-state index contributed by atoms with van der Waals surface area (Å²) >= 11 is 0. The molecule has 10 nitrogen and oxygen atoms in total. The highest BCUT2D eigenvalue weighted by Crippen LogP contribution is 2.42. The van der Waals surface area contributed by atoms with E-state index in [1.54, 1.807) is 12.4 Å². The molecule has 0 aliphatic carbocycles. The van der Waals surface area contributed by atoms with E-state index in [1.165, 1.54) is 0 Å². The minimum atomic E-state index is -5.08. The van der Waals surface area contributed by atoms with Crippen LogP contribution in [0.3, 0.4) is 0 Å². The number of amides is 1. The van der Waals surface area contributed by atoms with Gasteiger partial charge in [-0.05, 0) is 44.2 Å². The zero-order valence-corrected chi connectivity index (χ0v) is 20.4. The van der Waals surface area contributed by atoms with Gasteiger partial charge in [-0.25, -0.2) is 9.59 Å². The second-order valence-electron chi connectivity index (χ2n) is 8.64. The number of pyridine rings is 1. The Morgan fingerprint density at radius 1 is 1.15 bits per heavy atom. The number of carboxylic acid groups (broad SMARTS) is 2. The van der Waals surface area contributed by atoms with Crippen LogP contribution in [0.1, 0.15) is 17.9 Å². The maximum atomic E-state index is 12.6. The van der Waals surface area contributed by atoms with Gasteiger partial charge in [0.2, 0.25) is 5.91 Å². The highest BCUT2D eigenvalue weighted by atomic mass is 19.4. The summed E-state index contributed by atoms with van der Waals surface area (Å²) in [6.07, 6.45) is -5.88. The molecular weight excluding hydrogens is 544 g/mol. The molecule has 2 aliphatic rings. The number of alkyl halides is 6. The third kappa shape index (κ3) is 9.15. The number of nitrogens with zero attached hydrogens (tertiary/aromatic N) is 2. The molecule has 2 fully saturated rings. The minimum absolute atomic E-state index is 0.158. The lowest BCUT2D eigenvalue weighted by molar-refractivity contribution is -0.193. The van der Waals surface area contributed by atoms with Gasteiger partial charge in [-0.1, -0.05) is 0 Å². The molecule has 0 bridgehead atoms. The first-order valence-corrected chi connectivity index (χ1v) is 11.2. The number of aryl methyl sites for hydroxylation is 1. The fourth-order valence-corrected chi connectivity index (χ4v) is 3.98. The lowest BCUT2D eigenvalue weighted by Gasteiger charge is -2.28. The van der Waals surface area contributed by atoms with Gasteiger partial charge >= 0.3 is 24.3 Å². The van der Waals surface area contributed by atoms with Gasteiger partial charge in [0, 0.05) is 25.2 Å². The summed E-state index contributed by atoms with van der Waals surface area (Å²) in [7, 11) is 0. The second kappa shape index (κ2) is 12.8. The number of rotatable bonds is 5. The maximum Gasteiger partial charge on any atom is 0.490 e. The Balaban J connectivity index is 0.000000317. The SMILES string of the molecule is Cc1ccc(CN2CC[C@]3(C2)C(=O)NC[C@H]3COc2cccnc2)o1.O=C(O)C(F)(F)F.O=C(O)C(F)(F)F. The molecule has 3 N–H and O–H groups in total.